The van der Waals surface area contributed by atoms with Crippen molar-refractivity contribution < 1.29 is 4.74 Å². The minimum absolute atomic E-state index is 0.637. The Kier molecular flexibility index (Phi) is 3.10. The number of hydrogen-bond acceptors (Lipinski definition) is 4. The molecule has 2 aliphatic rings. The van der Waals surface area contributed by atoms with Crippen molar-refractivity contribution in [1.29, 1.82) is 0 Å². The zero-order valence-corrected chi connectivity index (χ0v) is 11.1. The summed E-state index contributed by atoms with van der Waals surface area (Å²) in [6.45, 7) is 2.94. The molecule has 3 rings (SSSR count). The molecule has 0 radical (unpaired) electrons. The van der Waals surface area contributed by atoms with Gasteiger partial charge in [0, 0.05) is 12.6 Å². The van der Waals surface area contributed by atoms with Gasteiger partial charge in [-0.1, -0.05) is 6.42 Å². The van der Waals surface area contributed by atoms with Crippen LogP contribution in [-0.4, -0.2) is 23.6 Å². The zero-order valence-electron chi connectivity index (χ0n) is 11.1. The largest absolute Gasteiger partial charge is 0.481 e. The van der Waals surface area contributed by atoms with Crippen molar-refractivity contribution in [1.82, 2.24) is 9.97 Å². The Bertz CT molecular complexity index is 435. The molecule has 18 heavy (non-hydrogen) atoms. The summed E-state index contributed by atoms with van der Waals surface area (Å²) in [4.78, 5) is 8.60. The lowest BCUT2D eigenvalue weighted by molar-refractivity contribution is 0.348. The molecule has 0 saturated heterocycles. The highest BCUT2D eigenvalue weighted by Crippen LogP contribution is 2.48. The lowest BCUT2D eigenvalue weighted by Gasteiger charge is -2.22. The van der Waals surface area contributed by atoms with E-state index in [4.69, 9.17) is 4.74 Å². The number of hydrogen-bond donors (Lipinski definition) is 1. The summed E-state index contributed by atoms with van der Waals surface area (Å²) in [5.74, 6) is 5.07. The SMILES string of the molecule is COc1cc(NCC2CC3CCC2C3)nc(C)n1. The maximum Gasteiger partial charge on any atom is 0.218 e. The van der Waals surface area contributed by atoms with Crippen molar-refractivity contribution in [3.05, 3.63) is 11.9 Å². The van der Waals surface area contributed by atoms with Crippen LogP contribution >= 0.6 is 0 Å². The molecule has 0 spiro atoms. The Morgan fingerprint density at radius 2 is 2.22 bits per heavy atom. The summed E-state index contributed by atoms with van der Waals surface area (Å²) in [6, 6.07) is 1.88. The maximum absolute atomic E-state index is 5.17. The number of methoxy groups -OCH3 is 1. The smallest absolute Gasteiger partial charge is 0.218 e. The summed E-state index contributed by atoms with van der Waals surface area (Å²) in [5, 5.41) is 3.46. The molecule has 2 saturated carbocycles. The first-order chi connectivity index (χ1) is 8.74. The summed E-state index contributed by atoms with van der Waals surface area (Å²) in [6.07, 6.45) is 5.75. The molecule has 1 heterocycles. The lowest BCUT2D eigenvalue weighted by atomic mass is 9.89. The van der Waals surface area contributed by atoms with Gasteiger partial charge in [-0.15, -0.1) is 0 Å². The van der Waals surface area contributed by atoms with E-state index in [1.54, 1.807) is 7.11 Å². The van der Waals surface area contributed by atoms with Gasteiger partial charge in [-0.2, -0.15) is 4.98 Å². The predicted molar refractivity (Wildman–Crippen MR) is 70.7 cm³/mol. The second kappa shape index (κ2) is 4.75. The molecule has 98 valence electrons. The van der Waals surface area contributed by atoms with Gasteiger partial charge in [0.25, 0.3) is 0 Å². The van der Waals surface area contributed by atoms with Crippen molar-refractivity contribution in [3.8, 4) is 5.88 Å². The summed E-state index contributed by atoms with van der Waals surface area (Å²) >= 11 is 0. The van der Waals surface area contributed by atoms with Crippen LogP contribution in [0.3, 0.4) is 0 Å². The number of anilines is 1. The minimum Gasteiger partial charge on any atom is -0.481 e. The second-order valence-corrected chi connectivity index (χ2v) is 5.66. The molecule has 1 N–H and O–H groups in total. The fraction of sp³-hybridized carbons (Fsp3) is 0.714. The number of rotatable bonds is 4. The molecule has 1 aromatic heterocycles. The van der Waals surface area contributed by atoms with Crippen LogP contribution < -0.4 is 10.1 Å². The fourth-order valence-corrected chi connectivity index (χ4v) is 3.60. The van der Waals surface area contributed by atoms with E-state index in [-0.39, 0.29) is 0 Å². The van der Waals surface area contributed by atoms with Crippen LogP contribution in [0.1, 0.15) is 31.5 Å². The number of fused-ring (bicyclic) bond motifs is 2. The molecule has 0 aliphatic heterocycles. The molecule has 2 bridgehead atoms. The van der Waals surface area contributed by atoms with Gasteiger partial charge >= 0.3 is 0 Å². The third kappa shape index (κ3) is 2.28. The number of nitrogens with one attached hydrogen (secondary N) is 1. The number of aromatic nitrogens is 2. The highest BCUT2D eigenvalue weighted by molar-refractivity contribution is 5.38. The molecule has 2 aliphatic carbocycles. The third-order valence-electron chi connectivity index (χ3n) is 4.45. The average molecular weight is 247 g/mol. The molecule has 3 unspecified atom stereocenters. The van der Waals surface area contributed by atoms with Gasteiger partial charge in [0.05, 0.1) is 7.11 Å². The number of nitrogens with zero attached hydrogens (tertiary/aromatic N) is 2. The van der Waals surface area contributed by atoms with Crippen molar-refractivity contribution in [2.45, 2.75) is 32.6 Å². The standard InChI is InChI=1S/C14H21N3O/c1-9-16-13(7-14(17-9)18-2)15-8-12-6-10-3-4-11(12)5-10/h7,10-12H,3-6,8H2,1-2H3,(H,15,16,17). The van der Waals surface area contributed by atoms with Gasteiger partial charge in [0.15, 0.2) is 0 Å². The van der Waals surface area contributed by atoms with Crippen LogP contribution in [0.4, 0.5) is 5.82 Å². The van der Waals surface area contributed by atoms with Crippen LogP contribution in [0, 0.1) is 24.7 Å². The number of aryl methyl sites for hydroxylation is 1. The summed E-state index contributed by atoms with van der Waals surface area (Å²) in [7, 11) is 1.64. The molecule has 0 amide bonds. The van der Waals surface area contributed by atoms with Crippen molar-refractivity contribution in [3.63, 3.8) is 0 Å². The summed E-state index contributed by atoms with van der Waals surface area (Å²) in [5.41, 5.74) is 0. The van der Waals surface area contributed by atoms with E-state index in [1.165, 1.54) is 25.7 Å². The van der Waals surface area contributed by atoms with Gasteiger partial charge < -0.3 is 10.1 Å². The Hall–Kier alpha value is -1.32. The van der Waals surface area contributed by atoms with Crippen LogP contribution in [0.15, 0.2) is 6.07 Å². The van der Waals surface area contributed by atoms with Crippen molar-refractivity contribution in [2.24, 2.45) is 17.8 Å². The predicted octanol–water partition coefficient (Wildman–Crippen LogP) is 2.64. The monoisotopic (exact) mass is 247 g/mol. The summed E-state index contributed by atoms with van der Waals surface area (Å²) < 4.78 is 5.17. The first-order valence-electron chi connectivity index (χ1n) is 6.88. The second-order valence-electron chi connectivity index (χ2n) is 5.66. The molecule has 4 nitrogen and oxygen atoms in total. The zero-order chi connectivity index (χ0) is 12.5. The topological polar surface area (TPSA) is 47.0 Å². The van der Waals surface area contributed by atoms with E-state index in [0.29, 0.717) is 5.88 Å². The van der Waals surface area contributed by atoms with E-state index in [2.05, 4.69) is 15.3 Å². The first kappa shape index (κ1) is 11.8. The number of ether oxygens (including phenoxy) is 1. The molecule has 0 aromatic carbocycles. The van der Waals surface area contributed by atoms with Crippen LogP contribution in [0.5, 0.6) is 5.88 Å². The Morgan fingerprint density at radius 3 is 2.89 bits per heavy atom. The van der Waals surface area contributed by atoms with Gasteiger partial charge in [-0.3, -0.25) is 0 Å². The van der Waals surface area contributed by atoms with E-state index in [0.717, 1.165) is 35.9 Å². The Morgan fingerprint density at radius 1 is 1.33 bits per heavy atom. The van der Waals surface area contributed by atoms with Gasteiger partial charge in [-0.05, 0) is 43.9 Å². The van der Waals surface area contributed by atoms with E-state index in [9.17, 15) is 0 Å². The van der Waals surface area contributed by atoms with Crippen LogP contribution in [0.25, 0.3) is 0 Å². The van der Waals surface area contributed by atoms with Crippen LogP contribution in [-0.2, 0) is 0 Å². The highest BCUT2D eigenvalue weighted by atomic mass is 16.5. The molecule has 3 atom stereocenters. The first-order valence-corrected chi connectivity index (χ1v) is 6.88. The van der Waals surface area contributed by atoms with Gasteiger partial charge in [0.2, 0.25) is 5.88 Å². The van der Waals surface area contributed by atoms with Crippen LogP contribution in [0.2, 0.25) is 0 Å². The Labute approximate surface area is 108 Å². The van der Waals surface area contributed by atoms with E-state index < -0.39 is 0 Å². The van der Waals surface area contributed by atoms with Gasteiger partial charge in [0.1, 0.15) is 11.6 Å². The highest BCUT2D eigenvalue weighted by Gasteiger charge is 2.39. The minimum atomic E-state index is 0.637. The maximum atomic E-state index is 5.17. The average Bonchev–Trinajstić information content (AvgIpc) is 2.97. The molecular weight excluding hydrogens is 226 g/mol. The van der Waals surface area contributed by atoms with Gasteiger partial charge in [-0.25, -0.2) is 4.98 Å². The third-order valence-corrected chi connectivity index (χ3v) is 4.45. The molecule has 4 heteroatoms. The van der Waals surface area contributed by atoms with Crippen molar-refractivity contribution in [2.75, 3.05) is 19.0 Å². The quantitative estimate of drug-likeness (QED) is 0.888. The lowest BCUT2D eigenvalue weighted by Crippen LogP contribution is -2.20. The normalized spacial score (nSPS) is 29.6. The molecular formula is C14H21N3O. The molecule has 1 aromatic rings. The molecule has 2 fully saturated rings. The van der Waals surface area contributed by atoms with E-state index in [1.807, 2.05) is 13.0 Å². The van der Waals surface area contributed by atoms with Crippen molar-refractivity contribution >= 4 is 5.82 Å². The fourth-order valence-electron chi connectivity index (χ4n) is 3.60. The Balaban J connectivity index is 1.61. The van der Waals surface area contributed by atoms with E-state index >= 15 is 0 Å².